The van der Waals surface area contributed by atoms with E-state index in [9.17, 15) is 0 Å². The van der Waals surface area contributed by atoms with Gasteiger partial charge in [-0.3, -0.25) is 0 Å². The van der Waals surface area contributed by atoms with Gasteiger partial charge in [-0.1, -0.05) is 6.92 Å². The average molecular weight is 230 g/mol. The van der Waals surface area contributed by atoms with Crippen molar-refractivity contribution in [3.63, 3.8) is 0 Å². The quantitative estimate of drug-likeness (QED) is 0.694. The lowest BCUT2D eigenvalue weighted by atomic mass is 9.90. The Morgan fingerprint density at radius 3 is 1.80 bits per heavy atom. The van der Waals surface area contributed by atoms with Crippen LogP contribution in [0.1, 0.15) is 26.2 Å². The van der Waals surface area contributed by atoms with Gasteiger partial charge in [0, 0.05) is 26.9 Å². The first kappa shape index (κ1) is 11.6. The first-order chi connectivity index (χ1) is 7.16. The Morgan fingerprint density at radius 1 is 0.867 bits per heavy atom. The Balaban J connectivity index is 2.12. The molecule has 0 heterocycles. The smallest absolute Gasteiger partial charge is 0.377 e. The molecule has 4 heteroatoms. The Hall–Kier alpha value is 0.0969. The molecule has 4 atom stereocenters. The highest BCUT2D eigenvalue weighted by Crippen LogP contribution is 2.57. The maximum atomic E-state index is 5.60. The minimum absolute atomic E-state index is 0.540. The molecule has 15 heavy (non-hydrogen) atoms. The second kappa shape index (κ2) is 4.16. The van der Waals surface area contributed by atoms with Crippen LogP contribution in [0.4, 0.5) is 0 Å². The van der Waals surface area contributed by atoms with E-state index in [0.717, 1.165) is 17.8 Å². The topological polar surface area (TPSA) is 27.7 Å². The van der Waals surface area contributed by atoms with Crippen molar-refractivity contribution in [3.8, 4) is 0 Å². The summed E-state index contributed by atoms with van der Waals surface area (Å²) >= 11 is 0. The fraction of sp³-hybridized carbons (Fsp3) is 1.00. The molecular formula is C11H22O3Si. The number of rotatable bonds is 4. The SMILES string of the molecule is CO[Si](OC)(OC)[C@H]1C[C@H]2C[C@@H]1C[C@@H]2C. The van der Waals surface area contributed by atoms with Gasteiger partial charge < -0.3 is 13.3 Å². The maximum absolute atomic E-state index is 5.60. The predicted molar refractivity (Wildman–Crippen MR) is 60.5 cm³/mol. The van der Waals surface area contributed by atoms with Crippen LogP contribution in [0.25, 0.3) is 0 Å². The van der Waals surface area contributed by atoms with Crippen LogP contribution < -0.4 is 0 Å². The van der Waals surface area contributed by atoms with Crippen molar-refractivity contribution in [2.24, 2.45) is 17.8 Å². The Labute approximate surface area is 93.5 Å². The molecule has 2 rings (SSSR count). The number of hydrogen-bond acceptors (Lipinski definition) is 3. The van der Waals surface area contributed by atoms with E-state index < -0.39 is 8.80 Å². The van der Waals surface area contributed by atoms with Crippen molar-refractivity contribution in [1.82, 2.24) is 0 Å². The van der Waals surface area contributed by atoms with Crippen LogP contribution in [0, 0.1) is 17.8 Å². The van der Waals surface area contributed by atoms with Gasteiger partial charge in [0.2, 0.25) is 0 Å². The Kier molecular flexibility index (Phi) is 3.21. The molecule has 0 spiro atoms. The van der Waals surface area contributed by atoms with Crippen LogP contribution in [0.5, 0.6) is 0 Å². The summed E-state index contributed by atoms with van der Waals surface area (Å²) in [5, 5.41) is 0. The minimum Gasteiger partial charge on any atom is -0.377 e. The van der Waals surface area contributed by atoms with Gasteiger partial charge in [0.15, 0.2) is 0 Å². The Bertz CT molecular complexity index is 220. The van der Waals surface area contributed by atoms with Crippen molar-refractivity contribution in [3.05, 3.63) is 0 Å². The first-order valence-corrected chi connectivity index (χ1v) is 7.62. The third-order valence-electron chi connectivity index (χ3n) is 4.52. The molecule has 2 bridgehead atoms. The molecule has 0 radical (unpaired) electrons. The Morgan fingerprint density at radius 2 is 1.47 bits per heavy atom. The summed E-state index contributed by atoms with van der Waals surface area (Å²) in [6.45, 7) is 2.37. The summed E-state index contributed by atoms with van der Waals surface area (Å²) in [6, 6.07) is 0. The second-order valence-corrected chi connectivity index (χ2v) is 8.20. The van der Waals surface area contributed by atoms with Gasteiger partial charge >= 0.3 is 8.80 Å². The van der Waals surface area contributed by atoms with Crippen LogP contribution >= 0.6 is 0 Å². The zero-order valence-electron chi connectivity index (χ0n) is 10.2. The predicted octanol–water partition coefficient (Wildman–Crippen LogP) is 2.30. The van der Waals surface area contributed by atoms with Crippen molar-refractivity contribution < 1.29 is 13.3 Å². The first-order valence-electron chi connectivity index (χ1n) is 5.82. The van der Waals surface area contributed by atoms with E-state index in [1.807, 2.05) is 0 Å². The monoisotopic (exact) mass is 230 g/mol. The molecule has 0 aromatic rings. The van der Waals surface area contributed by atoms with Crippen LogP contribution in [0.15, 0.2) is 0 Å². The van der Waals surface area contributed by atoms with Gasteiger partial charge in [0.25, 0.3) is 0 Å². The van der Waals surface area contributed by atoms with E-state index in [1.165, 1.54) is 19.3 Å². The highest BCUT2D eigenvalue weighted by Gasteiger charge is 2.58. The summed E-state index contributed by atoms with van der Waals surface area (Å²) in [6.07, 6.45) is 3.93. The van der Waals surface area contributed by atoms with Crippen LogP contribution in [-0.4, -0.2) is 30.1 Å². The van der Waals surface area contributed by atoms with E-state index >= 15 is 0 Å². The summed E-state index contributed by atoms with van der Waals surface area (Å²) in [5.41, 5.74) is 0.540. The lowest BCUT2D eigenvalue weighted by molar-refractivity contribution is 0.0987. The molecule has 0 saturated heterocycles. The van der Waals surface area contributed by atoms with Crippen LogP contribution in [0.3, 0.4) is 0 Å². The molecule has 2 aliphatic rings. The fourth-order valence-corrected chi connectivity index (χ4v) is 6.55. The summed E-state index contributed by atoms with van der Waals surface area (Å²) < 4.78 is 16.8. The van der Waals surface area contributed by atoms with Gasteiger partial charge in [-0.05, 0) is 37.0 Å². The summed E-state index contributed by atoms with van der Waals surface area (Å²) in [7, 11) is 2.82. The molecule has 2 aliphatic carbocycles. The zero-order valence-corrected chi connectivity index (χ0v) is 11.2. The highest BCUT2D eigenvalue weighted by atomic mass is 28.4. The third kappa shape index (κ3) is 1.67. The summed E-state index contributed by atoms with van der Waals surface area (Å²) in [5.74, 6) is 2.55. The molecule has 2 fully saturated rings. The third-order valence-corrected chi connectivity index (χ3v) is 7.84. The van der Waals surface area contributed by atoms with Crippen molar-refractivity contribution in [2.75, 3.05) is 21.3 Å². The molecule has 0 N–H and O–H groups in total. The highest BCUT2D eigenvalue weighted by molar-refractivity contribution is 6.62. The molecule has 0 aromatic heterocycles. The zero-order chi connectivity index (χ0) is 11.1. The molecule has 3 nitrogen and oxygen atoms in total. The molecule has 0 aromatic carbocycles. The number of fused-ring (bicyclic) bond motifs is 2. The van der Waals surface area contributed by atoms with Crippen molar-refractivity contribution >= 4 is 8.80 Å². The summed E-state index contributed by atoms with van der Waals surface area (Å²) in [4.78, 5) is 0. The lowest BCUT2D eigenvalue weighted by Gasteiger charge is -2.36. The maximum Gasteiger partial charge on any atom is 0.503 e. The van der Waals surface area contributed by atoms with E-state index in [0.29, 0.717) is 5.54 Å². The molecule has 0 aliphatic heterocycles. The fourth-order valence-electron chi connectivity index (χ4n) is 3.70. The van der Waals surface area contributed by atoms with Gasteiger partial charge in [0.05, 0.1) is 0 Å². The van der Waals surface area contributed by atoms with E-state index in [2.05, 4.69) is 6.92 Å². The average Bonchev–Trinajstić information content (AvgIpc) is 2.81. The molecule has 0 amide bonds. The van der Waals surface area contributed by atoms with E-state index in [1.54, 1.807) is 21.3 Å². The second-order valence-electron chi connectivity index (χ2n) is 5.03. The van der Waals surface area contributed by atoms with Crippen LogP contribution in [-0.2, 0) is 13.3 Å². The standard InChI is InChI=1S/C11H22O3Si/c1-8-5-10-6-9(8)7-11(10)15(12-2,13-3)14-4/h8-11H,5-7H2,1-4H3/t8-,9+,10-,11-/m0/s1. The van der Waals surface area contributed by atoms with Crippen molar-refractivity contribution in [2.45, 2.75) is 31.7 Å². The molecule has 0 unspecified atom stereocenters. The molecule has 2 saturated carbocycles. The lowest BCUT2D eigenvalue weighted by Crippen LogP contribution is -2.49. The van der Waals surface area contributed by atoms with E-state index in [-0.39, 0.29) is 0 Å². The van der Waals surface area contributed by atoms with Gasteiger partial charge in [-0.2, -0.15) is 0 Å². The molecule has 88 valence electrons. The van der Waals surface area contributed by atoms with Crippen molar-refractivity contribution in [1.29, 1.82) is 0 Å². The van der Waals surface area contributed by atoms with E-state index in [4.69, 9.17) is 13.3 Å². The van der Waals surface area contributed by atoms with Gasteiger partial charge in [0.1, 0.15) is 0 Å². The number of hydrogen-bond donors (Lipinski definition) is 0. The minimum atomic E-state index is -2.37. The normalized spacial score (nSPS) is 40.0. The largest absolute Gasteiger partial charge is 0.503 e. The molecular weight excluding hydrogens is 208 g/mol. The van der Waals surface area contributed by atoms with Gasteiger partial charge in [-0.15, -0.1) is 0 Å². The van der Waals surface area contributed by atoms with Gasteiger partial charge in [-0.25, -0.2) is 0 Å². The van der Waals surface area contributed by atoms with Crippen LogP contribution in [0.2, 0.25) is 5.54 Å².